The molecule has 0 aliphatic carbocycles. The van der Waals surface area contributed by atoms with E-state index in [2.05, 4.69) is 55.1 Å². The monoisotopic (exact) mass is 640 g/mol. The Morgan fingerprint density at radius 1 is 0.919 bits per heavy atom. The van der Waals surface area contributed by atoms with E-state index in [0.717, 1.165) is 18.8 Å². The molecule has 0 amide bonds. The standard InChI is InChI=1S/C18H22OS.2CHF3O3S.Fe/c1-2-3-12-19-17-11-10-16(18-9-6-13-20-18)14-7-4-5-8-15(14)17;2*2-1(3,4)8(5,6)7;/h4-5,7-8,10-11,18H,2-3,6,9,12-13H2,1H3;2*(H,5,6,7);/q;;;+2/p-2. The molecule has 1 aliphatic heterocycles. The first-order valence-electron chi connectivity index (χ1n) is 10.2. The Balaban J connectivity index is 0.000000640. The fourth-order valence-electron chi connectivity index (χ4n) is 2.85. The van der Waals surface area contributed by atoms with Crippen molar-refractivity contribution in [3.05, 3.63) is 42.0 Å². The number of ether oxygens (including phenoxy) is 1. The third-order valence-corrected chi connectivity index (χ3v) is 7.07. The van der Waals surface area contributed by atoms with Gasteiger partial charge >= 0.3 is 28.1 Å². The van der Waals surface area contributed by atoms with E-state index in [-0.39, 0.29) is 17.1 Å². The predicted molar refractivity (Wildman–Crippen MR) is 120 cm³/mol. The summed E-state index contributed by atoms with van der Waals surface area (Å²) < 4.78 is 124. The van der Waals surface area contributed by atoms with Gasteiger partial charge in [0, 0.05) is 10.6 Å². The van der Waals surface area contributed by atoms with Crippen LogP contribution in [-0.4, -0.2) is 49.3 Å². The van der Waals surface area contributed by atoms with Crippen molar-refractivity contribution in [2.24, 2.45) is 0 Å². The molecule has 1 fully saturated rings. The molecule has 0 radical (unpaired) electrons. The van der Waals surface area contributed by atoms with E-state index in [1.807, 2.05) is 0 Å². The van der Waals surface area contributed by atoms with E-state index in [0.29, 0.717) is 5.25 Å². The van der Waals surface area contributed by atoms with Crippen LogP contribution in [-0.2, 0) is 37.3 Å². The van der Waals surface area contributed by atoms with Crippen molar-refractivity contribution >= 4 is 42.8 Å². The van der Waals surface area contributed by atoms with Crippen LogP contribution in [0.5, 0.6) is 5.75 Å². The van der Waals surface area contributed by atoms with Gasteiger partial charge in [-0.25, -0.2) is 16.8 Å². The van der Waals surface area contributed by atoms with Crippen molar-refractivity contribution in [2.75, 3.05) is 12.4 Å². The number of unbranched alkanes of at least 4 members (excludes halogenated alkanes) is 1. The Kier molecular flexibility index (Phi) is 14.3. The molecule has 1 saturated heterocycles. The van der Waals surface area contributed by atoms with Crippen LogP contribution in [0.3, 0.4) is 0 Å². The molecular weight excluding hydrogens is 618 g/mol. The first-order valence-corrected chi connectivity index (χ1v) is 14.1. The number of thioether (sulfide) groups is 1. The summed E-state index contributed by atoms with van der Waals surface area (Å²) in [6.45, 7) is 3.01. The van der Waals surface area contributed by atoms with Crippen LogP contribution in [0.2, 0.25) is 0 Å². The van der Waals surface area contributed by atoms with E-state index in [9.17, 15) is 26.3 Å². The molecule has 1 unspecified atom stereocenters. The number of rotatable bonds is 5. The van der Waals surface area contributed by atoms with Gasteiger partial charge in [0.05, 0.1) is 6.61 Å². The minimum Gasteiger partial charge on any atom is -0.741 e. The van der Waals surface area contributed by atoms with E-state index < -0.39 is 31.3 Å². The van der Waals surface area contributed by atoms with Crippen molar-refractivity contribution in [1.29, 1.82) is 0 Å². The van der Waals surface area contributed by atoms with Crippen molar-refractivity contribution in [3.8, 4) is 5.75 Å². The third-order valence-electron chi connectivity index (χ3n) is 4.52. The maximum Gasteiger partial charge on any atom is 2.00 e. The molecule has 1 heterocycles. The smallest absolute Gasteiger partial charge is 0.741 e. The van der Waals surface area contributed by atoms with Gasteiger partial charge in [-0.1, -0.05) is 43.7 Å². The third kappa shape index (κ3) is 11.6. The van der Waals surface area contributed by atoms with E-state index in [4.69, 9.17) is 30.7 Å². The van der Waals surface area contributed by atoms with Crippen LogP contribution in [0.4, 0.5) is 26.3 Å². The SMILES string of the molecule is CCCCOc1ccc(C2CCCS2)c2ccccc12.O=S(=O)([O-])C(F)(F)F.O=S(=O)([O-])C(F)(F)F.[Fe+2]. The Hall–Kier alpha value is -1.23. The van der Waals surface area contributed by atoms with Crippen LogP contribution in [0.25, 0.3) is 10.8 Å². The van der Waals surface area contributed by atoms with Crippen molar-refractivity contribution in [1.82, 2.24) is 0 Å². The normalized spacial score (nSPS) is 16.1. The number of alkyl halides is 6. The van der Waals surface area contributed by atoms with Gasteiger partial charge in [0.25, 0.3) is 0 Å². The van der Waals surface area contributed by atoms with Crippen LogP contribution >= 0.6 is 11.8 Å². The predicted octanol–water partition coefficient (Wildman–Crippen LogP) is 5.69. The minimum atomic E-state index is -6.09. The topological polar surface area (TPSA) is 124 Å². The van der Waals surface area contributed by atoms with Gasteiger partial charge in [-0.2, -0.15) is 38.1 Å². The fraction of sp³-hybridized carbons (Fsp3) is 0.500. The number of benzene rings is 2. The molecule has 17 heteroatoms. The van der Waals surface area contributed by atoms with Gasteiger partial charge in [0.1, 0.15) is 5.75 Å². The molecular formula is C20H22F6FeO7S3. The van der Waals surface area contributed by atoms with Gasteiger partial charge < -0.3 is 13.8 Å². The van der Waals surface area contributed by atoms with Crippen LogP contribution in [0.1, 0.15) is 43.4 Å². The second kappa shape index (κ2) is 14.8. The van der Waals surface area contributed by atoms with Crippen molar-refractivity contribution in [2.45, 2.75) is 48.9 Å². The zero-order valence-corrected chi connectivity index (χ0v) is 22.5. The molecule has 1 aliphatic rings. The molecule has 2 aromatic rings. The maximum atomic E-state index is 10.7. The summed E-state index contributed by atoms with van der Waals surface area (Å²) in [5, 5.41) is 3.32. The Morgan fingerprint density at radius 3 is 1.81 bits per heavy atom. The van der Waals surface area contributed by atoms with E-state index >= 15 is 0 Å². The molecule has 1 atom stereocenters. The van der Waals surface area contributed by atoms with Gasteiger partial charge in [-0.3, -0.25) is 0 Å². The van der Waals surface area contributed by atoms with Crippen LogP contribution in [0.15, 0.2) is 36.4 Å². The summed E-state index contributed by atoms with van der Waals surface area (Å²) in [5.74, 6) is 2.34. The average Bonchev–Trinajstić information content (AvgIpc) is 3.27. The summed E-state index contributed by atoms with van der Waals surface area (Å²) >= 11 is 2.10. The van der Waals surface area contributed by atoms with E-state index in [1.165, 1.54) is 41.4 Å². The molecule has 0 spiro atoms. The van der Waals surface area contributed by atoms with Crippen LogP contribution in [0, 0.1) is 0 Å². The second-order valence-corrected chi connectivity index (χ2v) is 11.3. The van der Waals surface area contributed by atoms with Gasteiger partial charge in [-0.15, -0.1) is 0 Å². The van der Waals surface area contributed by atoms with Crippen molar-refractivity contribution in [3.63, 3.8) is 0 Å². The minimum absolute atomic E-state index is 0. The first-order chi connectivity index (χ1) is 16.4. The Morgan fingerprint density at radius 2 is 1.41 bits per heavy atom. The number of halogens is 6. The Labute approximate surface area is 225 Å². The number of hydrogen-bond acceptors (Lipinski definition) is 8. The molecule has 0 saturated carbocycles. The second-order valence-electron chi connectivity index (χ2n) is 7.20. The molecule has 3 rings (SSSR count). The summed E-state index contributed by atoms with van der Waals surface area (Å²) in [7, 11) is -12.2. The summed E-state index contributed by atoms with van der Waals surface area (Å²) in [6.07, 6.45) is 4.95. The molecule has 37 heavy (non-hydrogen) atoms. The molecule has 212 valence electrons. The number of fused-ring (bicyclic) bond motifs is 1. The summed E-state index contributed by atoms with van der Waals surface area (Å²) in [4.78, 5) is 0. The zero-order chi connectivity index (χ0) is 27.8. The number of hydrogen-bond donors (Lipinski definition) is 0. The quantitative estimate of drug-likeness (QED) is 0.134. The van der Waals surface area contributed by atoms with Gasteiger partial charge in [0.2, 0.25) is 0 Å². The zero-order valence-electron chi connectivity index (χ0n) is 19.0. The molecule has 7 nitrogen and oxygen atoms in total. The molecule has 0 bridgehead atoms. The average molecular weight is 640 g/mol. The summed E-state index contributed by atoms with van der Waals surface area (Å²) in [6, 6.07) is 13.1. The van der Waals surface area contributed by atoms with Crippen LogP contribution < -0.4 is 4.74 Å². The largest absolute Gasteiger partial charge is 2.00 e. The van der Waals surface area contributed by atoms with E-state index in [1.54, 1.807) is 0 Å². The molecule has 0 N–H and O–H groups in total. The molecule has 0 aromatic heterocycles. The summed E-state index contributed by atoms with van der Waals surface area (Å²) in [5.41, 5.74) is -9.80. The fourth-order valence-corrected chi connectivity index (χ4v) is 4.19. The van der Waals surface area contributed by atoms with Gasteiger partial charge in [0.15, 0.2) is 20.2 Å². The van der Waals surface area contributed by atoms with Gasteiger partial charge in [-0.05, 0) is 42.0 Å². The maximum absolute atomic E-state index is 10.7. The Bertz CT molecular complexity index is 1160. The first kappa shape index (κ1) is 35.8. The van der Waals surface area contributed by atoms with Crippen molar-refractivity contribution < 1.29 is 74.1 Å². The molecule has 2 aromatic carbocycles.